The lowest BCUT2D eigenvalue weighted by Gasteiger charge is -2.28. The average molecular weight is 372 g/mol. The van der Waals surface area contributed by atoms with Crippen LogP contribution >= 0.6 is 11.6 Å². The Morgan fingerprint density at radius 2 is 1.92 bits per heavy atom. The van der Waals surface area contributed by atoms with Crippen molar-refractivity contribution in [2.75, 3.05) is 12.4 Å². The number of benzene rings is 2. The maximum absolute atomic E-state index is 12.9. The zero-order valence-electron chi connectivity index (χ0n) is 14.3. The maximum Gasteiger partial charge on any atom is 0.319 e. The van der Waals surface area contributed by atoms with Gasteiger partial charge in [0.05, 0.1) is 18.7 Å². The number of amides is 3. The molecule has 1 heterocycles. The summed E-state index contributed by atoms with van der Waals surface area (Å²) >= 11 is 5.94. The molecule has 0 bridgehead atoms. The molecule has 3 N–H and O–H groups in total. The van der Waals surface area contributed by atoms with Crippen LogP contribution in [0.5, 0.6) is 5.75 Å². The number of hydrogen-bond donors (Lipinski definition) is 3. The minimum absolute atomic E-state index is 0.316. The van der Waals surface area contributed by atoms with E-state index in [-0.39, 0.29) is 11.9 Å². The Bertz CT molecular complexity index is 878. The Hall–Kier alpha value is -2.99. The molecule has 1 atom stereocenters. The molecule has 0 spiro atoms. The molecule has 2 aromatic rings. The first-order valence-corrected chi connectivity index (χ1v) is 8.35. The Labute approximate surface area is 156 Å². The first-order valence-electron chi connectivity index (χ1n) is 7.97. The third-order valence-corrected chi connectivity index (χ3v) is 4.30. The molecule has 26 heavy (non-hydrogen) atoms. The molecule has 0 aromatic heterocycles. The van der Waals surface area contributed by atoms with Gasteiger partial charge in [-0.15, -0.1) is 0 Å². The van der Waals surface area contributed by atoms with E-state index in [1.165, 1.54) is 0 Å². The Kier molecular flexibility index (Phi) is 5.14. The van der Waals surface area contributed by atoms with E-state index in [0.29, 0.717) is 27.7 Å². The smallest absolute Gasteiger partial charge is 0.319 e. The van der Waals surface area contributed by atoms with Gasteiger partial charge < -0.3 is 20.7 Å². The van der Waals surface area contributed by atoms with Gasteiger partial charge in [-0.1, -0.05) is 29.8 Å². The number of hydrogen-bond acceptors (Lipinski definition) is 3. The summed E-state index contributed by atoms with van der Waals surface area (Å²) in [4.78, 5) is 24.8. The number of carbonyl (C=O) groups is 2. The third-order valence-electron chi connectivity index (χ3n) is 4.04. The van der Waals surface area contributed by atoms with Gasteiger partial charge in [-0.3, -0.25) is 4.79 Å². The lowest BCUT2D eigenvalue weighted by molar-refractivity contribution is -0.113. The van der Waals surface area contributed by atoms with Gasteiger partial charge in [0.2, 0.25) is 0 Å². The monoisotopic (exact) mass is 371 g/mol. The summed E-state index contributed by atoms with van der Waals surface area (Å²) in [6.45, 7) is 1.70. The number of ether oxygens (including phenoxy) is 1. The van der Waals surface area contributed by atoms with Crippen molar-refractivity contribution in [1.82, 2.24) is 10.6 Å². The van der Waals surface area contributed by atoms with Crippen LogP contribution in [-0.4, -0.2) is 19.0 Å². The Morgan fingerprint density at radius 3 is 2.62 bits per heavy atom. The molecule has 0 aliphatic carbocycles. The number of methoxy groups -OCH3 is 1. The van der Waals surface area contributed by atoms with E-state index in [1.807, 2.05) is 0 Å². The summed E-state index contributed by atoms with van der Waals surface area (Å²) in [6, 6.07) is 13.1. The van der Waals surface area contributed by atoms with Crippen LogP contribution in [0, 0.1) is 0 Å². The molecule has 0 fully saturated rings. The predicted molar refractivity (Wildman–Crippen MR) is 100 cm³/mol. The Morgan fingerprint density at radius 1 is 1.19 bits per heavy atom. The van der Waals surface area contributed by atoms with Crippen LogP contribution in [-0.2, 0) is 4.79 Å². The van der Waals surface area contributed by atoms with Crippen LogP contribution in [0.1, 0.15) is 18.5 Å². The zero-order valence-corrected chi connectivity index (χ0v) is 15.1. The largest absolute Gasteiger partial charge is 0.497 e. The van der Waals surface area contributed by atoms with Gasteiger partial charge in [0, 0.05) is 22.5 Å². The third kappa shape index (κ3) is 3.81. The second-order valence-electron chi connectivity index (χ2n) is 5.81. The number of nitrogens with one attached hydrogen (secondary N) is 3. The van der Waals surface area contributed by atoms with Crippen molar-refractivity contribution in [3.63, 3.8) is 0 Å². The molecule has 1 aliphatic rings. The zero-order chi connectivity index (χ0) is 18.7. The number of carbonyl (C=O) groups excluding carboxylic acids is 2. The summed E-state index contributed by atoms with van der Waals surface area (Å²) in [5.41, 5.74) is 2.28. The van der Waals surface area contributed by atoms with Gasteiger partial charge in [0.1, 0.15) is 5.75 Å². The predicted octanol–water partition coefficient (Wildman–Crippen LogP) is 3.62. The van der Waals surface area contributed by atoms with E-state index in [1.54, 1.807) is 62.6 Å². The molecule has 7 heteroatoms. The minimum Gasteiger partial charge on any atom is -0.497 e. The number of rotatable bonds is 4. The van der Waals surface area contributed by atoms with Crippen molar-refractivity contribution in [3.8, 4) is 5.75 Å². The van der Waals surface area contributed by atoms with Crippen LogP contribution < -0.4 is 20.7 Å². The minimum atomic E-state index is -0.577. The molecule has 0 saturated carbocycles. The second kappa shape index (κ2) is 7.49. The van der Waals surface area contributed by atoms with E-state index in [9.17, 15) is 9.59 Å². The van der Waals surface area contributed by atoms with Crippen molar-refractivity contribution in [2.45, 2.75) is 13.0 Å². The normalized spacial score (nSPS) is 16.6. The van der Waals surface area contributed by atoms with E-state index in [2.05, 4.69) is 16.0 Å². The van der Waals surface area contributed by atoms with E-state index in [4.69, 9.17) is 16.3 Å². The molecule has 0 saturated heterocycles. The highest BCUT2D eigenvalue weighted by Gasteiger charge is 2.31. The quantitative estimate of drug-likeness (QED) is 0.768. The summed E-state index contributed by atoms with van der Waals surface area (Å²) in [5, 5.41) is 8.86. The van der Waals surface area contributed by atoms with Crippen LogP contribution in [0.25, 0.3) is 0 Å². The van der Waals surface area contributed by atoms with Gasteiger partial charge >= 0.3 is 6.03 Å². The standard InChI is InChI=1S/C19H18ClN3O3/c1-11-16(18(24)22-14-4-3-5-15(10-14)26-2)17(23-19(25)21-11)12-6-8-13(20)9-7-12/h3-10,17H,1-2H3,(H,22,24)(H2,21,23,25)/t17-/m0/s1. The number of allylic oxidation sites excluding steroid dienone is 1. The highest BCUT2D eigenvalue weighted by Crippen LogP contribution is 2.29. The molecule has 3 rings (SSSR count). The van der Waals surface area contributed by atoms with Gasteiger partial charge in [-0.2, -0.15) is 0 Å². The van der Waals surface area contributed by atoms with Crippen molar-refractivity contribution < 1.29 is 14.3 Å². The summed E-state index contributed by atoms with van der Waals surface area (Å²) in [6.07, 6.45) is 0. The first-order chi connectivity index (χ1) is 12.5. The topological polar surface area (TPSA) is 79.5 Å². The molecule has 3 amide bonds. The molecule has 6 nitrogen and oxygen atoms in total. The average Bonchev–Trinajstić information content (AvgIpc) is 2.61. The molecular formula is C19H18ClN3O3. The fourth-order valence-electron chi connectivity index (χ4n) is 2.80. The van der Waals surface area contributed by atoms with Crippen LogP contribution in [0.15, 0.2) is 59.8 Å². The van der Waals surface area contributed by atoms with Crippen molar-refractivity contribution in [3.05, 3.63) is 70.4 Å². The highest BCUT2D eigenvalue weighted by atomic mass is 35.5. The van der Waals surface area contributed by atoms with E-state index in [0.717, 1.165) is 5.56 Å². The van der Waals surface area contributed by atoms with E-state index < -0.39 is 6.04 Å². The molecule has 134 valence electrons. The lowest BCUT2D eigenvalue weighted by atomic mass is 9.95. The van der Waals surface area contributed by atoms with Crippen LogP contribution in [0.3, 0.4) is 0 Å². The number of halogens is 1. The van der Waals surface area contributed by atoms with Gasteiger partial charge in [0.15, 0.2) is 0 Å². The molecular weight excluding hydrogens is 354 g/mol. The molecule has 0 unspecified atom stereocenters. The highest BCUT2D eigenvalue weighted by molar-refractivity contribution is 6.30. The van der Waals surface area contributed by atoms with Gasteiger partial charge in [-0.25, -0.2) is 4.79 Å². The maximum atomic E-state index is 12.9. The summed E-state index contributed by atoms with van der Waals surface area (Å²) in [5.74, 6) is 0.320. The fraction of sp³-hybridized carbons (Fsp3) is 0.158. The summed E-state index contributed by atoms with van der Waals surface area (Å²) in [7, 11) is 1.56. The second-order valence-corrected chi connectivity index (χ2v) is 6.24. The molecule has 1 aliphatic heterocycles. The molecule has 2 aromatic carbocycles. The SMILES string of the molecule is COc1cccc(NC(=O)C2=C(C)NC(=O)N[C@H]2c2ccc(Cl)cc2)c1. The Balaban J connectivity index is 1.92. The van der Waals surface area contributed by atoms with Crippen molar-refractivity contribution in [2.24, 2.45) is 0 Å². The van der Waals surface area contributed by atoms with Gasteiger partial charge in [0.25, 0.3) is 5.91 Å². The van der Waals surface area contributed by atoms with E-state index >= 15 is 0 Å². The fourth-order valence-corrected chi connectivity index (χ4v) is 2.93. The lowest BCUT2D eigenvalue weighted by Crippen LogP contribution is -2.45. The van der Waals surface area contributed by atoms with Crippen LogP contribution in [0.2, 0.25) is 5.02 Å². The first kappa shape index (κ1) is 17.8. The van der Waals surface area contributed by atoms with Crippen LogP contribution in [0.4, 0.5) is 10.5 Å². The van der Waals surface area contributed by atoms with Gasteiger partial charge in [-0.05, 0) is 36.8 Å². The van der Waals surface area contributed by atoms with Crippen molar-refractivity contribution in [1.29, 1.82) is 0 Å². The summed E-state index contributed by atoms with van der Waals surface area (Å²) < 4.78 is 5.17. The molecule has 0 radical (unpaired) electrons. The number of anilines is 1. The number of urea groups is 1. The van der Waals surface area contributed by atoms with Crippen molar-refractivity contribution >= 4 is 29.2 Å².